The highest BCUT2D eigenvalue weighted by atomic mass is 16.3. The van der Waals surface area contributed by atoms with Crippen molar-refractivity contribution in [3.05, 3.63) is 39.3 Å². The maximum absolute atomic E-state index is 12.9. The Kier molecular flexibility index (Phi) is 3.66. The van der Waals surface area contributed by atoms with Crippen LogP contribution in [-0.2, 0) is 19.4 Å². The Bertz CT molecular complexity index is 986. The Morgan fingerprint density at radius 2 is 2.33 bits per heavy atom. The van der Waals surface area contributed by atoms with Crippen molar-refractivity contribution in [1.29, 1.82) is 0 Å². The number of fused-ring (bicyclic) bond motifs is 4. The summed E-state index contributed by atoms with van der Waals surface area (Å²) in [5, 5.41) is 18.8. The molecule has 0 aliphatic heterocycles. The zero-order valence-electron chi connectivity index (χ0n) is 13.8. The van der Waals surface area contributed by atoms with Crippen LogP contribution in [0.5, 0.6) is 0 Å². The lowest BCUT2D eigenvalue weighted by molar-refractivity contribution is 0.158. The zero-order valence-corrected chi connectivity index (χ0v) is 13.8. The van der Waals surface area contributed by atoms with E-state index in [2.05, 4.69) is 23.2 Å². The number of pyridine rings is 1. The molecule has 0 saturated heterocycles. The van der Waals surface area contributed by atoms with Gasteiger partial charge in [-0.15, -0.1) is 0 Å². The highest BCUT2D eigenvalue weighted by Crippen LogP contribution is 2.33. The van der Waals surface area contributed by atoms with Crippen LogP contribution in [0.1, 0.15) is 29.5 Å². The van der Waals surface area contributed by atoms with Crippen molar-refractivity contribution in [2.45, 2.75) is 45.3 Å². The number of aromatic nitrogens is 3. The number of hydrogen-bond acceptors (Lipinski definition) is 4. The Balaban J connectivity index is 2.11. The Morgan fingerprint density at radius 3 is 3.12 bits per heavy atom. The summed E-state index contributed by atoms with van der Waals surface area (Å²) >= 11 is 0. The van der Waals surface area contributed by atoms with E-state index < -0.39 is 0 Å². The van der Waals surface area contributed by atoms with Crippen molar-refractivity contribution in [3.8, 4) is 0 Å². The Hall–Kier alpha value is -2.18. The van der Waals surface area contributed by atoms with Crippen LogP contribution >= 0.6 is 0 Å². The van der Waals surface area contributed by atoms with E-state index in [0.29, 0.717) is 24.9 Å². The molecule has 6 heteroatoms. The average molecular weight is 326 g/mol. The summed E-state index contributed by atoms with van der Waals surface area (Å²) in [6.07, 6.45) is 4.37. The first-order valence-electron chi connectivity index (χ1n) is 8.51. The fourth-order valence-electron chi connectivity index (χ4n) is 4.00. The Morgan fingerprint density at radius 1 is 1.50 bits per heavy atom. The number of nitrogens with two attached hydrogens (primary N) is 1. The summed E-state index contributed by atoms with van der Waals surface area (Å²) < 4.78 is 1.81. The van der Waals surface area contributed by atoms with E-state index in [1.807, 2.05) is 4.57 Å². The molecule has 0 unspecified atom stereocenters. The van der Waals surface area contributed by atoms with E-state index in [1.165, 1.54) is 11.1 Å². The molecule has 4 rings (SSSR count). The third kappa shape index (κ3) is 2.17. The lowest BCUT2D eigenvalue weighted by Gasteiger charge is -2.25. The second kappa shape index (κ2) is 5.72. The van der Waals surface area contributed by atoms with Crippen molar-refractivity contribution >= 4 is 21.8 Å². The second-order valence-electron chi connectivity index (χ2n) is 6.69. The lowest BCUT2D eigenvalue weighted by atomic mass is 9.85. The summed E-state index contributed by atoms with van der Waals surface area (Å²) in [7, 11) is 0. The molecule has 1 aliphatic carbocycles. The average Bonchev–Trinajstić information content (AvgIpc) is 3.04. The molecular weight excluding hydrogens is 304 g/mol. The monoisotopic (exact) mass is 326 g/mol. The van der Waals surface area contributed by atoms with Crippen LogP contribution in [0.3, 0.4) is 0 Å². The van der Waals surface area contributed by atoms with E-state index in [-0.39, 0.29) is 11.7 Å². The van der Waals surface area contributed by atoms with Crippen LogP contribution in [0.2, 0.25) is 0 Å². The molecule has 126 valence electrons. The SMILES string of the molecule is Cc1c2c(cc3c1c1[nH]ncc1c(=O)n3CCCN)C[C@@H](O)CC2. The molecule has 1 atom stereocenters. The molecule has 1 aromatic carbocycles. The van der Waals surface area contributed by atoms with Gasteiger partial charge in [0.1, 0.15) is 0 Å². The molecule has 24 heavy (non-hydrogen) atoms. The third-order valence-corrected chi connectivity index (χ3v) is 5.21. The fraction of sp³-hybridized carbons (Fsp3) is 0.444. The van der Waals surface area contributed by atoms with Gasteiger partial charge in [-0.1, -0.05) is 0 Å². The summed E-state index contributed by atoms with van der Waals surface area (Å²) in [6, 6.07) is 2.08. The van der Waals surface area contributed by atoms with Gasteiger partial charge in [-0.05, 0) is 61.9 Å². The maximum Gasteiger partial charge on any atom is 0.262 e. The highest BCUT2D eigenvalue weighted by Gasteiger charge is 2.23. The van der Waals surface area contributed by atoms with E-state index in [9.17, 15) is 9.90 Å². The molecule has 3 aromatic rings. The first kappa shape index (κ1) is 15.4. The standard InChI is InChI=1S/C18H22N4O2/c1-10-13-4-3-12(23)7-11(13)8-15-16(10)17-14(9-20-21-17)18(24)22(15)6-2-5-19/h8-9,12,23H,2-7,19H2,1H3,(H,20,21)/t12-/m0/s1. The molecule has 0 fully saturated rings. The van der Waals surface area contributed by atoms with Crippen molar-refractivity contribution in [2.75, 3.05) is 6.54 Å². The van der Waals surface area contributed by atoms with Gasteiger partial charge in [0.15, 0.2) is 0 Å². The molecule has 2 heterocycles. The van der Waals surface area contributed by atoms with Gasteiger partial charge in [-0.2, -0.15) is 5.10 Å². The van der Waals surface area contributed by atoms with Crippen molar-refractivity contribution in [3.63, 3.8) is 0 Å². The van der Waals surface area contributed by atoms with Gasteiger partial charge >= 0.3 is 0 Å². The van der Waals surface area contributed by atoms with Crippen molar-refractivity contribution in [2.24, 2.45) is 5.73 Å². The van der Waals surface area contributed by atoms with E-state index >= 15 is 0 Å². The highest BCUT2D eigenvalue weighted by molar-refractivity contribution is 6.05. The first-order chi connectivity index (χ1) is 11.6. The van der Waals surface area contributed by atoms with Gasteiger partial charge < -0.3 is 15.4 Å². The summed E-state index contributed by atoms with van der Waals surface area (Å²) in [4.78, 5) is 12.9. The van der Waals surface area contributed by atoms with Gasteiger partial charge in [-0.25, -0.2) is 0 Å². The smallest absolute Gasteiger partial charge is 0.262 e. The first-order valence-corrected chi connectivity index (χ1v) is 8.51. The van der Waals surface area contributed by atoms with Crippen LogP contribution in [-0.4, -0.2) is 32.5 Å². The number of aromatic amines is 1. The van der Waals surface area contributed by atoms with Gasteiger partial charge in [0, 0.05) is 11.9 Å². The van der Waals surface area contributed by atoms with Crippen molar-refractivity contribution in [1.82, 2.24) is 14.8 Å². The largest absolute Gasteiger partial charge is 0.393 e. The lowest BCUT2D eigenvalue weighted by Crippen LogP contribution is -2.24. The second-order valence-corrected chi connectivity index (χ2v) is 6.69. The number of H-pyrrole nitrogens is 1. The van der Waals surface area contributed by atoms with Gasteiger partial charge in [-0.3, -0.25) is 9.89 Å². The minimum Gasteiger partial charge on any atom is -0.393 e. The predicted octanol–water partition coefficient (Wildman–Crippen LogP) is 1.38. The number of rotatable bonds is 3. The number of hydrogen-bond donors (Lipinski definition) is 3. The topological polar surface area (TPSA) is 96.9 Å². The molecule has 1 aliphatic rings. The molecule has 0 amide bonds. The van der Waals surface area contributed by atoms with Crippen LogP contribution in [0, 0.1) is 6.92 Å². The summed E-state index contributed by atoms with van der Waals surface area (Å²) in [6.45, 7) is 3.24. The number of nitrogens with zero attached hydrogens (tertiary/aromatic N) is 2. The molecule has 4 N–H and O–H groups in total. The maximum atomic E-state index is 12.9. The predicted molar refractivity (Wildman–Crippen MR) is 94.3 cm³/mol. The minimum atomic E-state index is -0.297. The van der Waals surface area contributed by atoms with Crippen LogP contribution in [0.4, 0.5) is 0 Å². The number of benzene rings is 1. The number of aliphatic hydroxyl groups is 1. The molecule has 0 spiro atoms. The van der Waals surface area contributed by atoms with Crippen LogP contribution < -0.4 is 11.3 Å². The summed E-state index contributed by atoms with van der Waals surface area (Å²) in [5.41, 5.74) is 11.0. The van der Waals surface area contributed by atoms with Crippen molar-refractivity contribution < 1.29 is 5.11 Å². The molecule has 0 radical (unpaired) electrons. The molecule has 0 bridgehead atoms. The molecule has 0 saturated carbocycles. The number of aliphatic hydroxyl groups excluding tert-OH is 1. The number of aryl methyl sites for hydroxylation is 2. The molecule has 6 nitrogen and oxygen atoms in total. The van der Waals surface area contributed by atoms with E-state index in [4.69, 9.17) is 5.73 Å². The van der Waals surface area contributed by atoms with E-state index in [1.54, 1.807) is 6.20 Å². The zero-order chi connectivity index (χ0) is 16.8. The quantitative estimate of drug-likeness (QED) is 0.677. The molecular formula is C18H22N4O2. The minimum absolute atomic E-state index is 0.0320. The Labute approximate surface area is 139 Å². The fourth-order valence-corrected chi connectivity index (χ4v) is 4.00. The van der Waals surface area contributed by atoms with E-state index in [0.717, 1.165) is 41.2 Å². The molecule has 2 aromatic heterocycles. The normalized spacial score (nSPS) is 17.5. The van der Waals surface area contributed by atoms with Gasteiger partial charge in [0.2, 0.25) is 0 Å². The number of nitrogens with one attached hydrogen (secondary N) is 1. The van der Waals surface area contributed by atoms with Gasteiger partial charge in [0.25, 0.3) is 5.56 Å². The van der Waals surface area contributed by atoms with Crippen LogP contribution in [0.25, 0.3) is 21.8 Å². The summed E-state index contributed by atoms with van der Waals surface area (Å²) in [5.74, 6) is 0. The van der Waals surface area contributed by atoms with Gasteiger partial charge in [0.05, 0.1) is 28.7 Å². The van der Waals surface area contributed by atoms with Crippen LogP contribution in [0.15, 0.2) is 17.1 Å². The third-order valence-electron chi connectivity index (χ3n) is 5.21.